The highest BCUT2D eigenvalue weighted by Gasteiger charge is 2.36. The molecule has 2 aromatic rings. The van der Waals surface area contributed by atoms with Crippen molar-refractivity contribution in [1.82, 2.24) is 0 Å². The minimum atomic E-state index is 0.261. The quantitative estimate of drug-likeness (QED) is 0.475. The highest BCUT2D eigenvalue weighted by atomic mass is 79.9. The second-order valence-corrected chi connectivity index (χ2v) is 9.33. The summed E-state index contributed by atoms with van der Waals surface area (Å²) in [7, 11) is 0. The van der Waals surface area contributed by atoms with Crippen molar-refractivity contribution in [2.45, 2.75) is 58.3 Å². The summed E-state index contributed by atoms with van der Waals surface area (Å²) in [6, 6.07) is 15.6. The normalized spacial score (nSPS) is 19.0. The van der Waals surface area contributed by atoms with Crippen LogP contribution >= 0.6 is 15.9 Å². The maximum absolute atomic E-state index is 3.56. The van der Waals surface area contributed by atoms with E-state index in [1.807, 2.05) is 0 Å². The first kappa shape index (κ1) is 17.5. The molecule has 0 saturated heterocycles. The summed E-state index contributed by atoms with van der Waals surface area (Å²) in [4.78, 5) is 0. The number of halogens is 1. The molecule has 0 saturated carbocycles. The number of benzene rings is 2. The van der Waals surface area contributed by atoms with Crippen molar-refractivity contribution in [2.75, 3.05) is 0 Å². The zero-order valence-electron chi connectivity index (χ0n) is 15.4. The zero-order valence-corrected chi connectivity index (χ0v) is 17.0. The van der Waals surface area contributed by atoms with E-state index in [9.17, 15) is 0 Å². The molecule has 0 amide bonds. The Labute approximate surface area is 155 Å². The minimum Gasteiger partial charge on any atom is -0.0606 e. The van der Waals surface area contributed by atoms with Gasteiger partial charge in [0.15, 0.2) is 0 Å². The number of allylic oxidation sites excluding steroid dienone is 1. The summed E-state index contributed by atoms with van der Waals surface area (Å²) >= 11 is 3.56. The van der Waals surface area contributed by atoms with Gasteiger partial charge in [-0.15, -0.1) is 0 Å². The Morgan fingerprint density at radius 1 is 0.917 bits per heavy atom. The largest absolute Gasteiger partial charge is 0.0606 e. The monoisotopic (exact) mass is 382 g/mol. The van der Waals surface area contributed by atoms with Gasteiger partial charge in [0.25, 0.3) is 0 Å². The van der Waals surface area contributed by atoms with Gasteiger partial charge in [0.05, 0.1) is 0 Å². The lowest BCUT2D eigenvalue weighted by atomic mass is 9.63. The molecular formula is C23H27Br. The Bertz CT molecular complexity index is 793. The average molecular weight is 383 g/mol. The van der Waals surface area contributed by atoms with Crippen LogP contribution in [0.15, 0.2) is 46.9 Å². The van der Waals surface area contributed by atoms with E-state index in [1.165, 1.54) is 40.7 Å². The molecule has 0 fully saturated rings. The predicted octanol–water partition coefficient (Wildman–Crippen LogP) is 7.36. The smallest absolute Gasteiger partial charge is 0.0181 e. The van der Waals surface area contributed by atoms with Gasteiger partial charge in [-0.1, -0.05) is 80.0 Å². The SMILES string of the molecule is CC(=Cc1cccc(Br)c1)c1ccc2c(c1)C(C)(C)CCC2(C)C. The lowest BCUT2D eigenvalue weighted by Crippen LogP contribution is -2.33. The van der Waals surface area contributed by atoms with Crippen LogP contribution in [0.1, 0.15) is 69.7 Å². The molecule has 0 spiro atoms. The third-order valence-electron chi connectivity index (χ3n) is 5.54. The van der Waals surface area contributed by atoms with Crippen molar-refractivity contribution in [3.63, 3.8) is 0 Å². The molecule has 1 aliphatic rings. The van der Waals surface area contributed by atoms with Gasteiger partial charge in [0.1, 0.15) is 0 Å². The molecule has 1 aliphatic carbocycles. The molecule has 0 heterocycles. The Morgan fingerprint density at radius 3 is 2.25 bits per heavy atom. The molecule has 0 unspecified atom stereocenters. The van der Waals surface area contributed by atoms with E-state index >= 15 is 0 Å². The molecular weight excluding hydrogens is 356 g/mol. The van der Waals surface area contributed by atoms with Crippen molar-refractivity contribution in [3.05, 3.63) is 69.2 Å². The molecule has 0 nitrogen and oxygen atoms in total. The molecule has 0 N–H and O–H groups in total. The van der Waals surface area contributed by atoms with Crippen molar-refractivity contribution < 1.29 is 0 Å². The molecule has 24 heavy (non-hydrogen) atoms. The second kappa shape index (κ2) is 6.19. The van der Waals surface area contributed by atoms with Crippen LogP contribution in [0, 0.1) is 0 Å². The van der Waals surface area contributed by atoms with E-state index in [0.29, 0.717) is 0 Å². The van der Waals surface area contributed by atoms with Crippen LogP contribution in [0.2, 0.25) is 0 Å². The molecule has 0 atom stereocenters. The van der Waals surface area contributed by atoms with Gasteiger partial charge in [-0.05, 0) is 70.6 Å². The van der Waals surface area contributed by atoms with Gasteiger partial charge < -0.3 is 0 Å². The molecule has 0 radical (unpaired) electrons. The standard InChI is InChI=1S/C23H27Br/c1-16(13-17-7-6-8-19(24)14-17)18-9-10-20-21(15-18)23(4,5)12-11-22(20,2)3/h6-10,13-15H,11-12H2,1-5H3. The Balaban J connectivity index is 2.05. The number of hydrogen-bond acceptors (Lipinski definition) is 0. The van der Waals surface area contributed by atoms with E-state index in [4.69, 9.17) is 0 Å². The van der Waals surface area contributed by atoms with Gasteiger partial charge in [-0.3, -0.25) is 0 Å². The van der Waals surface area contributed by atoms with Crippen molar-refractivity contribution >= 4 is 27.6 Å². The van der Waals surface area contributed by atoms with Gasteiger partial charge in [0, 0.05) is 4.47 Å². The fraction of sp³-hybridized carbons (Fsp3) is 0.391. The first-order valence-electron chi connectivity index (χ1n) is 8.78. The molecule has 1 heteroatoms. The lowest BCUT2D eigenvalue weighted by Gasteiger charge is -2.42. The van der Waals surface area contributed by atoms with Crippen LogP contribution in [0.4, 0.5) is 0 Å². The van der Waals surface area contributed by atoms with E-state index in [-0.39, 0.29) is 10.8 Å². The first-order chi connectivity index (χ1) is 11.2. The number of fused-ring (bicyclic) bond motifs is 1. The molecule has 0 bridgehead atoms. The fourth-order valence-electron chi connectivity index (χ4n) is 3.76. The Morgan fingerprint density at radius 2 is 1.58 bits per heavy atom. The van der Waals surface area contributed by atoms with Crippen LogP contribution in [-0.2, 0) is 10.8 Å². The number of rotatable bonds is 2. The van der Waals surface area contributed by atoms with Gasteiger partial charge in [0.2, 0.25) is 0 Å². The van der Waals surface area contributed by atoms with Crippen molar-refractivity contribution in [2.24, 2.45) is 0 Å². The summed E-state index contributed by atoms with van der Waals surface area (Å²) in [6.45, 7) is 11.7. The summed E-state index contributed by atoms with van der Waals surface area (Å²) < 4.78 is 1.12. The van der Waals surface area contributed by atoms with E-state index < -0.39 is 0 Å². The highest BCUT2D eigenvalue weighted by molar-refractivity contribution is 9.10. The van der Waals surface area contributed by atoms with Crippen LogP contribution in [0.3, 0.4) is 0 Å². The summed E-state index contributed by atoms with van der Waals surface area (Å²) in [5, 5.41) is 0. The maximum Gasteiger partial charge on any atom is 0.0181 e. The minimum absolute atomic E-state index is 0.261. The fourth-order valence-corrected chi connectivity index (χ4v) is 4.18. The van der Waals surface area contributed by atoms with Crippen LogP contribution in [0.5, 0.6) is 0 Å². The van der Waals surface area contributed by atoms with E-state index in [1.54, 1.807) is 0 Å². The van der Waals surface area contributed by atoms with Gasteiger partial charge >= 0.3 is 0 Å². The third kappa shape index (κ3) is 3.37. The van der Waals surface area contributed by atoms with E-state index in [2.05, 4.69) is 99.1 Å². The molecule has 0 aromatic heterocycles. The summed E-state index contributed by atoms with van der Waals surface area (Å²) in [5.41, 5.74) is 7.48. The molecule has 126 valence electrons. The van der Waals surface area contributed by atoms with Gasteiger partial charge in [-0.25, -0.2) is 0 Å². The Kier molecular flexibility index (Phi) is 4.51. The lowest BCUT2D eigenvalue weighted by molar-refractivity contribution is 0.332. The van der Waals surface area contributed by atoms with Crippen LogP contribution in [-0.4, -0.2) is 0 Å². The molecule has 2 aromatic carbocycles. The topological polar surface area (TPSA) is 0 Å². The molecule has 0 aliphatic heterocycles. The van der Waals surface area contributed by atoms with E-state index in [0.717, 1.165) is 4.47 Å². The van der Waals surface area contributed by atoms with Gasteiger partial charge in [-0.2, -0.15) is 0 Å². The second-order valence-electron chi connectivity index (χ2n) is 8.41. The summed E-state index contributed by atoms with van der Waals surface area (Å²) in [5.74, 6) is 0. The van der Waals surface area contributed by atoms with Crippen LogP contribution < -0.4 is 0 Å². The van der Waals surface area contributed by atoms with Crippen LogP contribution in [0.25, 0.3) is 11.6 Å². The zero-order chi connectivity index (χ0) is 17.5. The molecule has 3 rings (SSSR count). The average Bonchev–Trinajstić information content (AvgIpc) is 2.52. The van der Waals surface area contributed by atoms with Crippen molar-refractivity contribution in [3.8, 4) is 0 Å². The highest BCUT2D eigenvalue weighted by Crippen LogP contribution is 2.46. The van der Waals surface area contributed by atoms with Crippen molar-refractivity contribution in [1.29, 1.82) is 0 Å². The third-order valence-corrected chi connectivity index (χ3v) is 6.03. The number of hydrogen-bond donors (Lipinski definition) is 0. The first-order valence-corrected chi connectivity index (χ1v) is 9.58. The predicted molar refractivity (Wildman–Crippen MR) is 109 cm³/mol. The maximum atomic E-state index is 3.56. The summed E-state index contributed by atoms with van der Waals surface area (Å²) in [6.07, 6.45) is 4.79. The Hall–Kier alpha value is -1.34.